The second kappa shape index (κ2) is 4.84. The third kappa shape index (κ3) is 2.41. The van der Waals surface area contributed by atoms with Crippen molar-refractivity contribution in [2.24, 2.45) is 16.8 Å². The predicted octanol–water partition coefficient (Wildman–Crippen LogP) is 1.62. The molecule has 1 aliphatic heterocycles. The maximum absolute atomic E-state index is 5.68. The van der Waals surface area contributed by atoms with Crippen LogP contribution in [0, 0.1) is 5.92 Å². The highest BCUT2D eigenvalue weighted by atomic mass is 15.4. The highest BCUT2D eigenvalue weighted by Crippen LogP contribution is 2.35. The number of piperidine rings is 1. The molecule has 4 heteroatoms. The Kier molecular flexibility index (Phi) is 3.23. The number of hydrogen-bond acceptors (Lipinski definition) is 2. The summed E-state index contributed by atoms with van der Waals surface area (Å²) in [7, 11) is 0. The van der Waals surface area contributed by atoms with Crippen LogP contribution in [0.3, 0.4) is 0 Å². The Morgan fingerprint density at radius 3 is 2.59 bits per heavy atom. The van der Waals surface area contributed by atoms with Crippen LogP contribution < -0.4 is 11.3 Å². The van der Waals surface area contributed by atoms with Crippen molar-refractivity contribution in [2.75, 3.05) is 6.54 Å². The van der Waals surface area contributed by atoms with Crippen molar-refractivity contribution in [1.82, 2.24) is 10.3 Å². The zero-order valence-electron chi connectivity index (χ0n) is 10.6. The summed E-state index contributed by atoms with van der Waals surface area (Å²) in [6.07, 6.45) is 10.7. The van der Waals surface area contributed by atoms with Gasteiger partial charge in [-0.25, -0.2) is 10.8 Å². The molecule has 3 N–H and O–H groups in total. The Morgan fingerprint density at radius 2 is 1.82 bits per heavy atom. The predicted molar refractivity (Wildman–Crippen MR) is 69.5 cm³/mol. The SMILES string of the molecule is NNC(=NC1CC1)N1CCCC2CCCCC21. The van der Waals surface area contributed by atoms with E-state index in [0.29, 0.717) is 12.1 Å². The van der Waals surface area contributed by atoms with Gasteiger partial charge in [0.1, 0.15) is 0 Å². The zero-order chi connectivity index (χ0) is 11.7. The molecule has 1 saturated heterocycles. The van der Waals surface area contributed by atoms with Crippen molar-refractivity contribution in [3.8, 4) is 0 Å². The minimum absolute atomic E-state index is 0.546. The van der Waals surface area contributed by atoms with E-state index < -0.39 is 0 Å². The second-order valence-electron chi connectivity index (χ2n) is 5.78. The van der Waals surface area contributed by atoms with Crippen LogP contribution in [0.25, 0.3) is 0 Å². The van der Waals surface area contributed by atoms with E-state index in [9.17, 15) is 0 Å². The summed E-state index contributed by atoms with van der Waals surface area (Å²) in [4.78, 5) is 7.19. The van der Waals surface area contributed by atoms with E-state index in [2.05, 4.69) is 10.3 Å². The minimum Gasteiger partial charge on any atom is -0.339 e. The molecule has 4 nitrogen and oxygen atoms in total. The van der Waals surface area contributed by atoms with E-state index in [-0.39, 0.29) is 0 Å². The van der Waals surface area contributed by atoms with Crippen LogP contribution in [0.1, 0.15) is 51.4 Å². The smallest absolute Gasteiger partial charge is 0.208 e. The van der Waals surface area contributed by atoms with Crippen molar-refractivity contribution >= 4 is 5.96 Å². The minimum atomic E-state index is 0.546. The van der Waals surface area contributed by atoms with Crippen LogP contribution >= 0.6 is 0 Å². The summed E-state index contributed by atoms with van der Waals surface area (Å²) in [6.45, 7) is 1.14. The van der Waals surface area contributed by atoms with E-state index in [4.69, 9.17) is 10.8 Å². The van der Waals surface area contributed by atoms with Gasteiger partial charge >= 0.3 is 0 Å². The lowest BCUT2D eigenvalue weighted by Crippen LogP contribution is -2.55. The number of guanidine groups is 1. The topological polar surface area (TPSA) is 53.6 Å². The maximum atomic E-state index is 5.68. The van der Waals surface area contributed by atoms with Gasteiger partial charge in [-0.15, -0.1) is 0 Å². The first-order valence-corrected chi connectivity index (χ1v) is 7.19. The Balaban J connectivity index is 1.74. The van der Waals surface area contributed by atoms with Crippen LogP contribution in [-0.4, -0.2) is 29.5 Å². The molecule has 2 atom stereocenters. The summed E-state index contributed by atoms with van der Waals surface area (Å²) < 4.78 is 0. The van der Waals surface area contributed by atoms with Gasteiger partial charge in [0.15, 0.2) is 0 Å². The molecule has 2 saturated carbocycles. The molecule has 3 rings (SSSR count). The molecule has 0 amide bonds. The molecular weight excluding hydrogens is 212 g/mol. The van der Waals surface area contributed by atoms with Crippen LogP contribution in [0.4, 0.5) is 0 Å². The molecule has 0 aromatic heterocycles. The molecule has 1 heterocycles. The molecule has 3 fully saturated rings. The Hall–Kier alpha value is -0.770. The molecule has 96 valence electrons. The van der Waals surface area contributed by atoms with E-state index in [1.165, 1.54) is 51.4 Å². The normalized spacial score (nSPS) is 34.4. The van der Waals surface area contributed by atoms with Gasteiger partial charge in [0.2, 0.25) is 5.96 Å². The number of rotatable bonds is 1. The molecule has 0 spiro atoms. The summed E-state index contributed by atoms with van der Waals surface area (Å²) in [5, 5.41) is 0. The molecule has 2 unspecified atom stereocenters. The lowest BCUT2D eigenvalue weighted by Gasteiger charge is -2.45. The molecule has 2 aliphatic carbocycles. The Bertz CT molecular complexity index is 296. The quantitative estimate of drug-likeness (QED) is 0.315. The van der Waals surface area contributed by atoms with Crippen LogP contribution in [0.2, 0.25) is 0 Å². The molecule has 0 bridgehead atoms. The maximum Gasteiger partial charge on any atom is 0.208 e. The van der Waals surface area contributed by atoms with E-state index in [0.717, 1.165) is 18.4 Å². The van der Waals surface area contributed by atoms with Crippen LogP contribution in [0.5, 0.6) is 0 Å². The molecule has 0 aromatic carbocycles. The number of aliphatic imine (C=N–C) groups is 1. The largest absolute Gasteiger partial charge is 0.339 e. The van der Waals surface area contributed by atoms with E-state index in [1.54, 1.807) is 0 Å². The third-order valence-electron chi connectivity index (χ3n) is 4.50. The van der Waals surface area contributed by atoms with Gasteiger partial charge in [0.25, 0.3) is 0 Å². The molecule has 17 heavy (non-hydrogen) atoms. The van der Waals surface area contributed by atoms with Crippen LogP contribution in [-0.2, 0) is 0 Å². The van der Waals surface area contributed by atoms with Crippen molar-refractivity contribution in [2.45, 2.75) is 63.5 Å². The standard InChI is InChI=1S/C13H24N4/c14-16-13(15-11-7-8-11)17-9-3-5-10-4-1-2-6-12(10)17/h10-12H,1-9,14H2,(H,15,16). The highest BCUT2D eigenvalue weighted by Gasteiger charge is 2.35. The van der Waals surface area contributed by atoms with Crippen molar-refractivity contribution in [3.63, 3.8) is 0 Å². The summed E-state index contributed by atoms with van der Waals surface area (Å²) >= 11 is 0. The number of nitrogens with two attached hydrogens (primary N) is 1. The van der Waals surface area contributed by atoms with Crippen molar-refractivity contribution < 1.29 is 0 Å². The average molecular weight is 236 g/mol. The first-order valence-electron chi connectivity index (χ1n) is 7.19. The van der Waals surface area contributed by atoms with E-state index in [1.807, 2.05) is 0 Å². The first kappa shape index (κ1) is 11.3. The Morgan fingerprint density at radius 1 is 1.06 bits per heavy atom. The van der Waals surface area contributed by atoms with Gasteiger partial charge in [0.05, 0.1) is 6.04 Å². The molecule has 0 radical (unpaired) electrons. The number of hydrogen-bond donors (Lipinski definition) is 2. The van der Waals surface area contributed by atoms with E-state index >= 15 is 0 Å². The summed E-state index contributed by atoms with van der Waals surface area (Å²) in [6, 6.07) is 1.25. The van der Waals surface area contributed by atoms with Crippen molar-refractivity contribution in [1.29, 1.82) is 0 Å². The average Bonchev–Trinajstić information content (AvgIpc) is 3.19. The van der Waals surface area contributed by atoms with Gasteiger partial charge < -0.3 is 4.90 Å². The fourth-order valence-electron chi connectivity index (χ4n) is 3.46. The van der Waals surface area contributed by atoms with Gasteiger partial charge in [-0.05, 0) is 44.4 Å². The number of likely N-dealkylation sites (tertiary alicyclic amines) is 1. The lowest BCUT2D eigenvalue weighted by atomic mass is 9.78. The molecule has 3 aliphatic rings. The molecular formula is C13H24N4. The molecule has 0 aromatic rings. The van der Waals surface area contributed by atoms with Gasteiger partial charge in [0, 0.05) is 12.6 Å². The number of nitrogens with zero attached hydrogens (tertiary/aromatic N) is 2. The number of fused-ring (bicyclic) bond motifs is 1. The van der Waals surface area contributed by atoms with Gasteiger partial charge in [-0.1, -0.05) is 12.8 Å². The first-order chi connectivity index (χ1) is 8.38. The summed E-state index contributed by atoms with van der Waals surface area (Å²) in [5.74, 6) is 7.53. The van der Waals surface area contributed by atoms with Crippen molar-refractivity contribution in [3.05, 3.63) is 0 Å². The number of nitrogens with one attached hydrogen (secondary N) is 1. The fourth-order valence-corrected chi connectivity index (χ4v) is 3.46. The highest BCUT2D eigenvalue weighted by molar-refractivity contribution is 5.80. The van der Waals surface area contributed by atoms with Gasteiger partial charge in [-0.3, -0.25) is 5.43 Å². The number of hydrazine groups is 1. The monoisotopic (exact) mass is 236 g/mol. The summed E-state index contributed by atoms with van der Waals surface area (Å²) in [5.41, 5.74) is 2.85. The van der Waals surface area contributed by atoms with Crippen LogP contribution in [0.15, 0.2) is 4.99 Å². The lowest BCUT2D eigenvalue weighted by molar-refractivity contribution is 0.115. The second-order valence-corrected chi connectivity index (χ2v) is 5.78. The fraction of sp³-hybridized carbons (Fsp3) is 0.923. The Labute approximate surface area is 104 Å². The zero-order valence-corrected chi connectivity index (χ0v) is 10.6. The third-order valence-corrected chi connectivity index (χ3v) is 4.50. The van der Waals surface area contributed by atoms with Gasteiger partial charge in [-0.2, -0.15) is 0 Å².